The Balaban J connectivity index is 0.00000405. The molecule has 0 radical (unpaired) electrons. The van der Waals surface area contributed by atoms with E-state index in [-0.39, 0.29) is 31.3 Å². The molecule has 3 heterocycles. The minimum absolute atomic E-state index is 0. The van der Waals surface area contributed by atoms with Crippen molar-refractivity contribution in [1.29, 1.82) is 0 Å². The number of ether oxygens (including phenoxy) is 2. The molecule has 0 N–H and O–H groups in total. The van der Waals surface area contributed by atoms with Crippen LogP contribution in [0.3, 0.4) is 0 Å². The Kier molecular flexibility index (Phi) is 10.7. The van der Waals surface area contributed by atoms with Crippen molar-refractivity contribution in [3.8, 4) is 0 Å². The van der Waals surface area contributed by atoms with Gasteiger partial charge in [0.05, 0.1) is 25.2 Å². The van der Waals surface area contributed by atoms with E-state index in [4.69, 9.17) is 13.9 Å². The smallest absolute Gasteiger partial charge is 0.348 e. The largest absolute Gasteiger partial charge is 1.00 e. The number of rotatable bonds is 11. The number of piperidine rings is 1. The van der Waals surface area contributed by atoms with E-state index >= 15 is 0 Å². The Morgan fingerprint density at radius 1 is 0.810 bits per heavy atom. The molecular weight excluding hydrogens is 562 g/mol. The average Bonchev–Trinajstić information content (AvgIpc) is 3.50. The standard InChI is InChI=1S/C35H52NO4Si.ClH/c1-26(2)41(27(3)4,28(5)6)39-25-38-35(29-15-9-7-10-16-29,30-17-11-8-12-18-30)34(37)40-33-23-31-19-20-32(24-33)36(31)21-13-14-22-36;/h7-12,15-18,26-28,31-33H,13-14,19-25H2,1-6H3;1H/q+1;/p-1. The zero-order valence-electron chi connectivity index (χ0n) is 26.6. The molecule has 2 atom stereocenters. The van der Waals surface area contributed by atoms with Gasteiger partial charge in [0.2, 0.25) is 13.9 Å². The number of carbonyl (C=O) groups excluding carboxylic acids is 1. The van der Waals surface area contributed by atoms with Gasteiger partial charge in [0.25, 0.3) is 0 Å². The molecule has 0 aliphatic carbocycles. The summed E-state index contributed by atoms with van der Waals surface area (Å²) in [5.74, 6) is -0.316. The first-order chi connectivity index (χ1) is 19.7. The van der Waals surface area contributed by atoms with Crippen molar-refractivity contribution in [3.05, 3.63) is 71.8 Å². The van der Waals surface area contributed by atoms with Gasteiger partial charge in [0.15, 0.2) is 0 Å². The minimum Gasteiger partial charge on any atom is -1.00 e. The third-order valence-corrected chi connectivity index (χ3v) is 17.0. The lowest BCUT2D eigenvalue weighted by atomic mass is 9.85. The fraction of sp³-hybridized carbons (Fsp3) is 0.629. The van der Waals surface area contributed by atoms with Gasteiger partial charge in [-0.1, -0.05) is 102 Å². The molecular formula is C35H52ClNO4Si. The predicted octanol–water partition coefficient (Wildman–Crippen LogP) is 4.95. The summed E-state index contributed by atoms with van der Waals surface area (Å²) in [6, 6.07) is 21.0. The number of hydrogen-bond donors (Lipinski definition) is 0. The van der Waals surface area contributed by atoms with E-state index in [1.54, 1.807) is 0 Å². The molecule has 5 rings (SSSR count). The van der Waals surface area contributed by atoms with E-state index in [1.807, 2.05) is 60.7 Å². The highest BCUT2D eigenvalue weighted by Crippen LogP contribution is 2.47. The van der Waals surface area contributed by atoms with E-state index in [0.29, 0.717) is 28.7 Å². The summed E-state index contributed by atoms with van der Waals surface area (Å²) in [4.78, 5) is 14.6. The van der Waals surface area contributed by atoms with Crippen molar-refractivity contribution in [3.63, 3.8) is 0 Å². The van der Waals surface area contributed by atoms with Crippen LogP contribution in [-0.2, 0) is 24.3 Å². The Morgan fingerprint density at radius 2 is 1.26 bits per heavy atom. The maximum absolute atomic E-state index is 14.6. The first-order valence-electron chi connectivity index (χ1n) is 16.1. The van der Waals surface area contributed by atoms with Crippen LogP contribution in [0.1, 0.15) is 91.2 Å². The van der Waals surface area contributed by atoms with Crippen LogP contribution in [0, 0.1) is 0 Å². The van der Waals surface area contributed by atoms with E-state index in [2.05, 4.69) is 41.5 Å². The van der Waals surface area contributed by atoms with Crippen molar-refractivity contribution >= 4 is 14.3 Å². The van der Waals surface area contributed by atoms with E-state index < -0.39 is 13.9 Å². The molecule has 3 saturated heterocycles. The van der Waals surface area contributed by atoms with Crippen LogP contribution >= 0.6 is 0 Å². The molecule has 2 bridgehead atoms. The van der Waals surface area contributed by atoms with Gasteiger partial charge in [-0.05, 0) is 27.8 Å². The van der Waals surface area contributed by atoms with Gasteiger partial charge < -0.3 is 30.8 Å². The molecule has 0 saturated carbocycles. The fourth-order valence-electron chi connectivity index (χ4n) is 9.23. The zero-order valence-corrected chi connectivity index (χ0v) is 28.3. The number of halogens is 1. The Bertz CT molecular complexity index is 1070. The number of esters is 1. The van der Waals surface area contributed by atoms with Crippen LogP contribution in [0.15, 0.2) is 60.7 Å². The number of quaternary nitrogens is 1. The Hall–Kier alpha value is -1.70. The fourth-order valence-corrected chi connectivity index (χ4v) is 14.5. The first-order valence-corrected chi connectivity index (χ1v) is 18.3. The van der Waals surface area contributed by atoms with Gasteiger partial charge in [-0.2, -0.15) is 0 Å². The van der Waals surface area contributed by atoms with Crippen LogP contribution in [-0.4, -0.2) is 56.8 Å². The maximum Gasteiger partial charge on any atom is 0.348 e. The van der Waals surface area contributed by atoms with Crippen LogP contribution in [0.2, 0.25) is 16.6 Å². The molecule has 3 fully saturated rings. The highest BCUT2D eigenvalue weighted by atomic mass is 35.5. The SMILES string of the molecule is CC(C)[Si](OCOC(C(=O)OC1CC2CCC(C1)[N+]21CCCC1)(c1ccccc1)c1ccccc1)(C(C)C)C(C)C.[Cl-]. The lowest BCUT2D eigenvalue weighted by molar-refractivity contribution is -0.956. The monoisotopic (exact) mass is 613 g/mol. The normalized spacial score (nSPS) is 23.5. The summed E-state index contributed by atoms with van der Waals surface area (Å²) >= 11 is 0. The molecule has 2 aromatic carbocycles. The minimum atomic E-state index is -2.21. The van der Waals surface area contributed by atoms with Gasteiger partial charge in [-0.25, -0.2) is 4.79 Å². The van der Waals surface area contributed by atoms with E-state index in [0.717, 1.165) is 24.0 Å². The van der Waals surface area contributed by atoms with Crippen molar-refractivity contribution < 1.29 is 35.6 Å². The molecule has 0 aromatic heterocycles. The highest BCUT2D eigenvalue weighted by molar-refractivity contribution is 6.77. The third kappa shape index (κ3) is 5.74. The molecule has 2 aromatic rings. The Labute approximate surface area is 261 Å². The van der Waals surface area contributed by atoms with Gasteiger partial charge in [0, 0.05) is 38.5 Å². The summed E-state index contributed by atoms with van der Waals surface area (Å²) in [6.07, 6.45) is 7.05. The van der Waals surface area contributed by atoms with E-state index in [9.17, 15) is 4.79 Å². The second kappa shape index (κ2) is 13.5. The maximum atomic E-state index is 14.6. The van der Waals surface area contributed by atoms with Crippen LogP contribution < -0.4 is 12.4 Å². The van der Waals surface area contributed by atoms with Crippen molar-refractivity contribution in [2.24, 2.45) is 0 Å². The highest BCUT2D eigenvalue weighted by Gasteiger charge is 2.57. The summed E-state index contributed by atoms with van der Waals surface area (Å²) in [5, 5.41) is 0. The lowest BCUT2D eigenvalue weighted by Gasteiger charge is -2.47. The van der Waals surface area contributed by atoms with Crippen molar-refractivity contribution in [1.82, 2.24) is 0 Å². The van der Waals surface area contributed by atoms with Crippen molar-refractivity contribution in [2.45, 2.75) is 120 Å². The molecule has 3 aliphatic rings. The molecule has 5 nitrogen and oxygen atoms in total. The summed E-state index contributed by atoms with van der Waals surface area (Å²) in [5.41, 5.74) is 1.42. The summed E-state index contributed by atoms with van der Waals surface area (Å²) in [6.45, 7) is 16.3. The van der Waals surface area contributed by atoms with Crippen LogP contribution in [0.4, 0.5) is 0 Å². The molecule has 232 valence electrons. The molecule has 2 unspecified atom stereocenters. The van der Waals surface area contributed by atoms with Crippen molar-refractivity contribution in [2.75, 3.05) is 19.9 Å². The average molecular weight is 614 g/mol. The molecule has 42 heavy (non-hydrogen) atoms. The quantitative estimate of drug-likeness (QED) is 0.156. The van der Waals surface area contributed by atoms with Crippen LogP contribution in [0.5, 0.6) is 0 Å². The number of hydrogen-bond acceptors (Lipinski definition) is 4. The number of carbonyl (C=O) groups is 1. The molecule has 0 amide bonds. The van der Waals surface area contributed by atoms with Gasteiger partial charge in [-0.15, -0.1) is 0 Å². The van der Waals surface area contributed by atoms with Crippen LogP contribution in [0.25, 0.3) is 0 Å². The summed E-state index contributed by atoms with van der Waals surface area (Å²) in [7, 11) is -2.21. The summed E-state index contributed by atoms with van der Waals surface area (Å²) < 4.78 is 21.5. The van der Waals surface area contributed by atoms with Gasteiger partial charge >= 0.3 is 5.97 Å². The topological polar surface area (TPSA) is 44.8 Å². The Morgan fingerprint density at radius 3 is 1.69 bits per heavy atom. The predicted molar refractivity (Wildman–Crippen MR) is 167 cm³/mol. The first kappa shape index (κ1) is 33.2. The lowest BCUT2D eigenvalue weighted by Crippen LogP contribution is -3.00. The van der Waals surface area contributed by atoms with E-state index in [1.165, 1.54) is 43.3 Å². The third-order valence-electron chi connectivity index (χ3n) is 11.0. The van der Waals surface area contributed by atoms with Gasteiger partial charge in [0.1, 0.15) is 12.9 Å². The second-order valence-electron chi connectivity index (χ2n) is 13.8. The second-order valence-corrected chi connectivity index (χ2v) is 19.2. The molecule has 7 heteroatoms. The molecule has 1 spiro atoms. The zero-order chi connectivity index (χ0) is 29.3. The number of nitrogens with zero attached hydrogens (tertiary/aromatic N) is 1. The van der Waals surface area contributed by atoms with Gasteiger partial charge in [-0.3, -0.25) is 0 Å². The molecule has 3 aliphatic heterocycles. The number of benzene rings is 2.